The molecule has 0 aliphatic carbocycles. The van der Waals surface area contributed by atoms with Crippen LogP contribution < -0.4 is 139 Å². The Kier molecular flexibility index (Phi) is 26.6. The maximum atomic E-state index is 13.9. The van der Waals surface area contributed by atoms with Gasteiger partial charge < -0.3 is 35.0 Å². The summed E-state index contributed by atoms with van der Waals surface area (Å²) in [7, 11) is 0. The van der Waals surface area contributed by atoms with Crippen molar-refractivity contribution in [2.45, 2.75) is 47.2 Å². The first kappa shape index (κ1) is 68.2. The Morgan fingerprint density at radius 1 is 0.718 bits per heavy atom. The number of anilines is 2. The van der Waals surface area contributed by atoms with Crippen LogP contribution in [-0.4, -0.2) is 82.9 Å². The van der Waals surface area contributed by atoms with Gasteiger partial charge in [-0.25, -0.2) is 38.9 Å². The average Bonchev–Trinajstić information content (AvgIpc) is 1.81. The Morgan fingerprint density at radius 2 is 1.26 bits per heavy atom. The van der Waals surface area contributed by atoms with Crippen molar-refractivity contribution in [2.75, 3.05) is 24.7 Å². The normalized spacial score (nSPS) is 10.8. The fraction of sp³-hybridized carbons (Fsp3) is 0.164. The fourth-order valence-electron chi connectivity index (χ4n) is 8.64. The van der Waals surface area contributed by atoms with Crippen LogP contribution in [0, 0.1) is 19.3 Å². The van der Waals surface area contributed by atoms with E-state index in [0.717, 1.165) is 11.1 Å². The molecule has 1 aliphatic heterocycles. The topological polar surface area (TPSA) is 274 Å². The van der Waals surface area contributed by atoms with E-state index in [1.165, 1.54) is 9.31 Å². The Bertz CT molecular complexity index is 3930. The third kappa shape index (κ3) is 16.4. The summed E-state index contributed by atoms with van der Waals surface area (Å²) in [5.41, 5.74) is 5.93. The smallest absolute Gasteiger partial charge is 1.00 e. The molecule has 5 aromatic carbocycles. The molecule has 9 aromatic rings. The molecule has 0 spiro atoms. The molecule has 0 fully saturated rings. The molecule has 426 valence electrons. The van der Waals surface area contributed by atoms with E-state index in [-0.39, 0.29) is 165 Å². The number of hydrogen-bond acceptors (Lipinski definition) is 18. The van der Waals surface area contributed by atoms with Crippen LogP contribution in [0.3, 0.4) is 0 Å². The van der Waals surface area contributed by atoms with Gasteiger partial charge in [0.1, 0.15) is 40.9 Å². The minimum Gasteiger partial charge on any atom is -1.00 e. The number of para-hydroxylation sites is 3. The van der Waals surface area contributed by atoms with E-state index in [0.29, 0.717) is 87.2 Å². The summed E-state index contributed by atoms with van der Waals surface area (Å²) in [4.78, 5) is 87.6. The number of rotatable bonds is 18. The number of benzene rings is 5. The summed E-state index contributed by atoms with van der Waals surface area (Å²) < 4.78 is 31.1. The second kappa shape index (κ2) is 33.2. The van der Waals surface area contributed by atoms with Crippen LogP contribution in [0.4, 0.5) is 16.3 Å². The minimum atomic E-state index is -0.944. The first-order valence-electron chi connectivity index (χ1n) is 25.7. The van der Waals surface area contributed by atoms with Crippen LogP contribution in [0.1, 0.15) is 37.7 Å². The van der Waals surface area contributed by atoms with Crippen molar-refractivity contribution in [3.05, 3.63) is 209 Å². The van der Waals surface area contributed by atoms with Crippen LogP contribution in [-0.2, 0) is 38.7 Å². The van der Waals surface area contributed by atoms with Gasteiger partial charge >= 0.3 is 120 Å². The van der Waals surface area contributed by atoms with E-state index in [1.54, 1.807) is 52.0 Å². The molecule has 24 heteroatoms. The van der Waals surface area contributed by atoms with Gasteiger partial charge in [0.25, 0.3) is 6.47 Å². The van der Waals surface area contributed by atoms with Crippen LogP contribution in [0.15, 0.2) is 180 Å². The molecule has 0 radical (unpaired) electrons. The molecular weight excluding hydrogens is 1140 g/mol. The second-order valence-corrected chi connectivity index (χ2v) is 17.4. The summed E-state index contributed by atoms with van der Waals surface area (Å²) in [6.07, 6.45) is 2.27. The number of allylic oxidation sites excluding steroid dienone is 2. The van der Waals surface area contributed by atoms with Gasteiger partial charge in [0.15, 0.2) is 23.1 Å². The number of nitrogens with zero attached hydrogens (tertiary/aromatic N) is 9. The number of imidazole rings is 1. The molecule has 1 aliphatic rings. The molecule has 1 N–H and O–H groups in total. The fourth-order valence-corrected chi connectivity index (χ4v) is 8.64. The number of aryl methyl sites for hydroxylation is 2. The molecule has 4 aromatic heterocycles. The summed E-state index contributed by atoms with van der Waals surface area (Å²) in [6, 6.07) is 38.2. The van der Waals surface area contributed by atoms with Gasteiger partial charge in [-0.3, -0.25) is 24.5 Å². The number of carbonyl (C=O) groups excluding carboxylic acids is 3. The zero-order valence-corrected chi connectivity index (χ0v) is 54.1. The number of hydrogen-bond donors (Lipinski definition) is 1. The van der Waals surface area contributed by atoms with Crippen LogP contribution in [0.25, 0.3) is 51.1 Å². The van der Waals surface area contributed by atoms with E-state index in [4.69, 9.17) is 53.9 Å². The van der Waals surface area contributed by atoms with Crippen molar-refractivity contribution in [2.24, 2.45) is 0 Å². The summed E-state index contributed by atoms with van der Waals surface area (Å²) >= 11 is 0. The van der Waals surface area contributed by atoms with Gasteiger partial charge in [0.2, 0.25) is 5.91 Å². The van der Waals surface area contributed by atoms with Crippen molar-refractivity contribution in [1.29, 1.82) is 5.41 Å². The Hall–Kier alpha value is -7.60. The van der Waals surface area contributed by atoms with Gasteiger partial charge in [-0.15, -0.1) is 26.3 Å². The van der Waals surface area contributed by atoms with Crippen molar-refractivity contribution < 1.29 is 152 Å². The van der Waals surface area contributed by atoms with Gasteiger partial charge in [0.05, 0.1) is 49.0 Å². The quantitative estimate of drug-likeness (QED) is 0.0189. The van der Waals surface area contributed by atoms with Crippen molar-refractivity contribution in [3.8, 4) is 57.2 Å². The Morgan fingerprint density at radius 3 is 1.80 bits per heavy atom. The molecule has 22 nitrogen and oxygen atoms in total. The number of ether oxygens (including phenoxy) is 4. The van der Waals surface area contributed by atoms with Crippen molar-refractivity contribution in [3.63, 3.8) is 0 Å². The Labute approximate surface area is 575 Å². The number of carbonyl (C=O) groups is 3. The van der Waals surface area contributed by atoms with Gasteiger partial charge in [-0.2, -0.15) is 9.72 Å². The molecule has 1 amide bonds. The van der Waals surface area contributed by atoms with Crippen molar-refractivity contribution in [1.82, 2.24) is 38.8 Å². The monoisotopic (exact) mass is 1200 g/mol. The third-order valence-electron chi connectivity index (χ3n) is 12.1. The maximum Gasteiger partial charge on any atom is 1.00 e. The first-order chi connectivity index (χ1) is 40.3. The van der Waals surface area contributed by atoms with E-state index in [2.05, 4.69) is 41.2 Å². The number of amides is 1. The zero-order chi connectivity index (χ0) is 59.6. The standard InChI is InChI=1S/C30H26N4O5.C28H26N6O4.C2H4.CH2O3.2K.H/c1-3-37-21-15-13-20(14-16-21)28-32-27(24(31)18-38-30(36)39-22-10-5-4-6-11-22)23-17-26(35)34(29(23)33-28)25-12-8-7-9-19(25)2;1-5-16-32-23-22(25-31-27(35)38-33(25)17-6-2)29-24(19-12-14-20(15-13-19)37-7-3)30-26(23)34(28(32)36)21-11-9-8-10-18(21)4;1-2;2-1-4-3;;;/h4-16,31H,3,17-18H2,1-2H3;5-6,8-15H,1-2,7,16-17H2,3-4H3;1-2H2;1,3H;;;/q;;;;2*+1;-1/p-1. The number of fused-ring (bicyclic) bond motifs is 2. The Balaban J connectivity index is 0.000000327. The molecule has 0 bridgehead atoms. The average molecular weight is 1200 g/mol. The summed E-state index contributed by atoms with van der Waals surface area (Å²) in [5, 5.41) is 17.2. The predicted molar refractivity (Wildman–Crippen MR) is 310 cm³/mol. The summed E-state index contributed by atoms with van der Waals surface area (Å²) in [6.45, 7) is 22.1. The predicted octanol–water partition coefficient (Wildman–Crippen LogP) is 3.16. The van der Waals surface area contributed by atoms with E-state index in [1.807, 2.05) is 125 Å². The van der Waals surface area contributed by atoms with Crippen LogP contribution in [0.2, 0.25) is 0 Å². The van der Waals surface area contributed by atoms with E-state index >= 15 is 0 Å². The SMILES string of the molecule is C=C.C=CCn1oc(=O)nc1-c1nc(-c2ccc(OCC)cc2)nc2c1n(CC=C)c(=O)n2-c1ccccc1C.CCOc1ccc(-c2nc(C(=N)COC(=O)Oc3ccccc3)c3c(n2)N(c2ccccc2C)C(=O)C3)cc1.O=CO[O-].[H-].[K+].[K+]. The van der Waals surface area contributed by atoms with Gasteiger partial charge in [-0.05, 0) is 112 Å². The molecule has 85 heavy (non-hydrogen) atoms. The molecule has 5 heterocycles. The molecular formula is C61H58K2N10O12. The number of nitrogens with one attached hydrogen (secondary N) is 1. The van der Waals surface area contributed by atoms with Gasteiger partial charge in [-0.1, -0.05) is 66.7 Å². The third-order valence-corrected chi connectivity index (χ3v) is 12.1. The zero-order valence-electron chi connectivity index (χ0n) is 48.9. The van der Waals surface area contributed by atoms with Crippen LogP contribution in [0.5, 0.6) is 17.2 Å². The molecule has 0 atom stereocenters. The van der Waals surface area contributed by atoms with Crippen molar-refractivity contribution >= 4 is 46.9 Å². The molecule has 0 saturated carbocycles. The van der Waals surface area contributed by atoms with Gasteiger partial charge in [0, 0.05) is 23.2 Å². The molecule has 0 saturated heterocycles. The summed E-state index contributed by atoms with van der Waals surface area (Å²) in [5.74, 6) is 2.01. The first-order valence-corrected chi connectivity index (χ1v) is 25.7. The molecule has 10 rings (SSSR count). The van der Waals surface area contributed by atoms with Crippen LogP contribution >= 0.6 is 0 Å². The minimum absolute atomic E-state index is 0. The molecule has 0 unspecified atom stereocenters. The number of aromatic nitrogens is 8. The van der Waals surface area contributed by atoms with E-state index in [9.17, 15) is 19.2 Å². The second-order valence-electron chi connectivity index (χ2n) is 17.4. The largest absolute Gasteiger partial charge is 1.00 e. The maximum absolute atomic E-state index is 13.9. The van der Waals surface area contributed by atoms with E-state index < -0.39 is 18.5 Å².